The van der Waals surface area contributed by atoms with E-state index in [2.05, 4.69) is 0 Å². The van der Waals surface area contributed by atoms with E-state index in [1.807, 2.05) is 0 Å². The van der Waals surface area contributed by atoms with Crippen LogP contribution in [0.25, 0.3) is 0 Å². The minimum atomic E-state index is -0.0174. The Balaban J connectivity index is 2.38. The summed E-state index contributed by atoms with van der Waals surface area (Å²) >= 11 is 0. The van der Waals surface area contributed by atoms with Crippen molar-refractivity contribution in [3.8, 4) is 0 Å². The number of hydrogen-bond donors (Lipinski definition) is 1. The number of hydrogen-bond acceptors (Lipinski definition) is 2. The average Bonchev–Trinajstić information content (AvgIpc) is 1.89. The highest BCUT2D eigenvalue weighted by atomic mass is 16.1. The molecule has 0 aromatic carbocycles. The molecular formula is C6H12N2O. The normalized spacial score (nSPS) is 28.1. The van der Waals surface area contributed by atoms with E-state index in [1.54, 1.807) is 4.90 Å². The van der Waals surface area contributed by atoms with Crippen molar-refractivity contribution in [2.45, 2.75) is 25.4 Å². The van der Waals surface area contributed by atoms with Gasteiger partial charge in [0.15, 0.2) is 0 Å². The smallest absolute Gasteiger partial charge is 0.210 e. The van der Waals surface area contributed by atoms with E-state index in [0.29, 0.717) is 0 Å². The molecule has 1 fully saturated rings. The summed E-state index contributed by atoms with van der Waals surface area (Å²) in [5.41, 5.74) is 5.58. The van der Waals surface area contributed by atoms with Crippen LogP contribution in [0.3, 0.4) is 0 Å². The van der Waals surface area contributed by atoms with Crippen molar-refractivity contribution in [1.82, 2.24) is 4.90 Å². The van der Waals surface area contributed by atoms with Gasteiger partial charge in [0, 0.05) is 6.54 Å². The number of carbonyl (C=O) groups is 1. The maximum absolute atomic E-state index is 10.2. The van der Waals surface area contributed by atoms with Crippen molar-refractivity contribution in [1.29, 1.82) is 0 Å². The molecule has 0 aromatic rings. The quantitative estimate of drug-likeness (QED) is 0.502. The molecule has 1 unspecified atom stereocenters. The highest BCUT2D eigenvalue weighted by Crippen LogP contribution is 2.09. The number of nitrogens with zero attached hydrogens (tertiary/aromatic N) is 1. The Kier molecular flexibility index (Phi) is 2.05. The molecule has 1 amide bonds. The standard InChI is InChI=1S/C6H12N2O/c7-6-3-1-2-4-8(6)5-9/h5-6H,1-4,7H2. The van der Waals surface area contributed by atoms with Crippen molar-refractivity contribution in [2.24, 2.45) is 5.73 Å². The van der Waals surface area contributed by atoms with E-state index in [4.69, 9.17) is 5.73 Å². The Morgan fingerprint density at radius 1 is 1.56 bits per heavy atom. The SMILES string of the molecule is NC1CCCCN1C=O. The van der Waals surface area contributed by atoms with Crippen molar-refractivity contribution >= 4 is 6.41 Å². The fourth-order valence-electron chi connectivity index (χ4n) is 1.11. The number of likely N-dealkylation sites (tertiary alicyclic amines) is 1. The lowest BCUT2D eigenvalue weighted by atomic mass is 10.1. The minimum Gasteiger partial charge on any atom is -0.330 e. The summed E-state index contributed by atoms with van der Waals surface area (Å²) in [5.74, 6) is 0. The summed E-state index contributed by atoms with van der Waals surface area (Å²) in [6.07, 6.45) is 4.04. The van der Waals surface area contributed by atoms with Crippen LogP contribution in [-0.4, -0.2) is 24.0 Å². The van der Waals surface area contributed by atoms with E-state index in [-0.39, 0.29) is 6.17 Å². The molecule has 3 nitrogen and oxygen atoms in total. The van der Waals surface area contributed by atoms with Gasteiger partial charge < -0.3 is 10.6 Å². The molecule has 1 rings (SSSR count). The van der Waals surface area contributed by atoms with Crippen molar-refractivity contribution in [3.05, 3.63) is 0 Å². The second-order valence-corrected chi connectivity index (χ2v) is 2.41. The fourth-order valence-corrected chi connectivity index (χ4v) is 1.11. The van der Waals surface area contributed by atoms with Crippen molar-refractivity contribution < 1.29 is 4.79 Å². The van der Waals surface area contributed by atoms with Gasteiger partial charge in [-0.3, -0.25) is 4.79 Å². The van der Waals surface area contributed by atoms with Gasteiger partial charge in [-0.05, 0) is 19.3 Å². The van der Waals surface area contributed by atoms with Gasteiger partial charge in [-0.25, -0.2) is 0 Å². The first-order valence-electron chi connectivity index (χ1n) is 3.31. The number of piperidine rings is 1. The van der Waals surface area contributed by atoms with Crippen LogP contribution in [0, 0.1) is 0 Å². The summed E-state index contributed by atoms with van der Waals surface area (Å²) in [6, 6.07) is 0. The van der Waals surface area contributed by atoms with Crippen LogP contribution >= 0.6 is 0 Å². The van der Waals surface area contributed by atoms with Gasteiger partial charge in [-0.1, -0.05) is 0 Å². The average molecular weight is 128 g/mol. The van der Waals surface area contributed by atoms with Crippen molar-refractivity contribution in [2.75, 3.05) is 6.54 Å². The Bertz CT molecular complexity index is 105. The van der Waals surface area contributed by atoms with E-state index in [9.17, 15) is 4.79 Å². The molecule has 1 aliphatic heterocycles. The van der Waals surface area contributed by atoms with Gasteiger partial charge in [0.2, 0.25) is 6.41 Å². The van der Waals surface area contributed by atoms with Crippen LogP contribution in [0.2, 0.25) is 0 Å². The molecule has 9 heavy (non-hydrogen) atoms. The number of amides is 1. The van der Waals surface area contributed by atoms with Crippen molar-refractivity contribution in [3.63, 3.8) is 0 Å². The van der Waals surface area contributed by atoms with Crippen LogP contribution in [0.15, 0.2) is 0 Å². The molecule has 0 bridgehead atoms. The van der Waals surface area contributed by atoms with Gasteiger partial charge in [0.05, 0.1) is 6.17 Å². The molecular weight excluding hydrogens is 116 g/mol. The Labute approximate surface area is 54.8 Å². The van der Waals surface area contributed by atoms with Gasteiger partial charge in [0.1, 0.15) is 0 Å². The predicted molar refractivity (Wildman–Crippen MR) is 34.6 cm³/mol. The lowest BCUT2D eigenvalue weighted by Gasteiger charge is -2.29. The zero-order valence-corrected chi connectivity index (χ0v) is 5.42. The summed E-state index contributed by atoms with van der Waals surface area (Å²) < 4.78 is 0. The molecule has 0 spiro atoms. The Morgan fingerprint density at radius 2 is 2.33 bits per heavy atom. The molecule has 52 valence electrons. The molecule has 3 heteroatoms. The van der Waals surface area contributed by atoms with Crippen LogP contribution in [0.1, 0.15) is 19.3 Å². The molecule has 1 heterocycles. The van der Waals surface area contributed by atoms with Gasteiger partial charge in [-0.15, -0.1) is 0 Å². The monoisotopic (exact) mass is 128 g/mol. The van der Waals surface area contributed by atoms with E-state index >= 15 is 0 Å². The zero-order chi connectivity index (χ0) is 6.69. The predicted octanol–water partition coefficient (Wildman–Crippen LogP) is -0.0865. The van der Waals surface area contributed by atoms with Gasteiger partial charge >= 0.3 is 0 Å². The summed E-state index contributed by atoms with van der Waals surface area (Å²) in [7, 11) is 0. The first-order valence-corrected chi connectivity index (χ1v) is 3.31. The largest absolute Gasteiger partial charge is 0.330 e. The summed E-state index contributed by atoms with van der Waals surface area (Å²) in [5, 5.41) is 0. The zero-order valence-electron chi connectivity index (χ0n) is 5.42. The number of carbonyl (C=O) groups excluding carboxylic acids is 1. The lowest BCUT2D eigenvalue weighted by molar-refractivity contribution is -0.121. The fraction of sp³-hybridized carbons (Fsp3) is 0.833. The van der Waals surface area contributed by atoms with Gasteiger partial charge in [0.25, 0.3) is 0 Å². The van der Waals surface area contributed by atoms with Crippen LogP contribution < -0.4 is 5.73 Å². The number of rotatable bonds is 1. The highest BCUT2D eigenvalue weighted by Gasteiger charge is 2.15. The Hall–Kier alpha value is -0.570. The maximum Gasteiger partial charge on any atom is 0.210 e. The summed E-state index contributed by atoms with van der Waals surface area (Å²) in [4.78, 5) is 11.9. The third-order valence-corrected chi connectivity index (χ3v) is 1.73. The van der Waals surface area contributed by atoms with E-state index in [1.165, 1.54) is 0 Å². The lowest BCUT2D eigenvalue weighted by Crippen LogP contribution is -2.44. The van der Waals surface area contributed by atoms with Crippen LogP contribution in [0.5, 0.6) is 0 Å². The topological polar surface area (TPSA) is 46.3 Å². The molecule has 1 aliphatic rings. The molecule has 0 radical (unpaired) electrons. The second-order valence-electron chi connectivity index (χ2n) is 2.41. The first kappa shape index (κ1) is 6.55. The van der Waals surface area contributed by atoms with E-state index < -0.39 is 0 Å². The second kappa shape index (κ2) is 2.82. The maximum atomic E-state index is 10.2. The first-order chi connectivity index (χ1) is 4.34. The third kappa shape index (κ3) is 1.42. The highest BCUT2D eigenvalue weighted by molar-refractivity contribution is 5.47. The van der Waals surface area contributed by atoms with E-state index in [0.717, 1.165) is 32.2 Å². The Morgan fingerprint density at radius 3 is 2.78 bits per heavy atom. The van der Waals surface area contributed by atoms with Crippen LogP contribution in [-0.2, 0) is 4.79 Å². The number of nitrogens with two attached hydrogens (primary N) is 1. The molecule has 0 aromatic heterocycles. The molecule has 1 atom stereocenters. The molecule has 0 saturated carbocycles. The molecule has 2 N–H and O–H groups in total. The molecule has 1 saturated heterocycles. The van der Waals surface area contributed by atoms with Crippen LogP contribution in [0.4, 0.5) is 0 Å². The summed E-state index contributed by atoms with van der Waals surface area (Å²) in [6.45, 7) is 0.838. The molecule has 0 aliphatic carbocycles. The van der Waals surface area contributed by atoms with Gasteiger partial charge in [-0.2, -0.15) is 0 Å². The third-order valence-electron chi connectivity index (χ3n) is 1.73. The minimum absolute atomic E-state index is 0.0174.